The predicted octanol–water partition coefficient (Wildman–Crippen LogP) is 1.56. The van der Waals surface area contributed by atoms with Gasteiger partial charge in [0, 0.05) is 7.11 Å². The molecule has 0 atom stereocenters. The van der Waals surface area contributed by atoms with Crippen molar-refractivity contribution in [2.45, 2.75) is 31.3 Å². The maximum Gasteiger partial charge on any atom is 0.228 e. The van der Waals surface area contributed by atoms with Crippen LogP contribution in [0.25, 0.3) is 0 Å². The summed E-state index contributed by atoms with van der Waals surface area (Å²) < 4.78 is 5.40. The molecule has 92 valence electrons. The monoisotopic (exact) mass is 235 g/mol. The lowest BCUT2D eigenvalue weighted by Gasteiger charge is -2.39. The molecule has 1 saturated carbocycles. The van der Waals surface area contributed by atoms with Crippen molar-refractivity contribution in [3.8, 4) is 0 Å². The van der Waals surface area contributed by atoms with Crippen LogP contribution in [0, 0.1) is 0 Å². The Morgan fingerprint density at radius 2 is 2.35 bits per heavy atom. The molecule has 17 heavy (non-hydrogen) atoms. The number of pyridine rings is 1. The number of hydrogen-bond donors (Lipinski definition) is 2. The number of nitrogens with one attached hydrogen (secondary N) is 1. The topological polar surface area (TPSA) is 77.2 Å². The first-order valence-electron chi connectivity index (χ1n) is 5.70. The second kappa shape index (κ2) is 4.71. The molecule has 1 aromatic heterocycles. The number of nitrogen functional groups attached to an aromatic ring is 1. The van der Waals surface area contributed by atoms with E-state index in [1.54, 1.807) is 19.2 Å². The van der Waals surface area contributed by atoms with Gasteiger partial charge in [-0.05, 0) is 31.4 Å². The summed E-state index contributed by atoms with van der Waals surface area (Å²) in [5.41, 5.74) is 5.84. The average Bonchev–Trinajstić information content (AvgIpc) is 2.27. The largest absolute Gasteiger partial charge is 0.397 e. The van der Waals surface area contributed by atoms with Crippen molar-refractivity contribution in [1.82, 2.24) is 4.98 Å². The van der Waals surface area contributed by atoms with Crippen molar-refractivity contribution in [1.29, 1.82) is 0 Å². The Hall–Kier alpha value is -1.62. The number of carbonyl (C=O) groups excluding carboxylic acids is 1. The number of anilines is 2. The third kappa shape index (κ3) is 2.74. The van der Waals surface area contributed by atoms with Gasteiger partial charge in [0.05, 0.1) is 23.9 Å². The molecular formula is C12H17N3O2. The van der Waals surface area contributed by atoms with Gasteiger partial charge in [0.1, 0.15) is 5.82 Å². The fourth-order valence-corrected chi connectivity index (χ4v) is 1.98. The second-order valence-electron chi connectivity index (χ2n) is 4.44. The van der Waals surface area contributed by atoms with Crippen LogP contribution in [-0.4, -0.2) is 23.6 Å². The lowest BCUT2D eigenvalue weighted by molar-refractivity contribution is -0.129. The van der Waals surface area contributed by atoms with E-state index >= 15 is 0 Å². The Labute approximate surface area is 100 Å². The fraction of sp³-hybridized carbons (Fsp3) is 0.500. The van der Waals surface area contributed by atoms with Crippen molar-refractivity contribution >= 4 is 17.4 Å². The van der Waals surface area contributed by atoms with E-state index in [1.165, 1.54) is 6.20 Å². The van der Waals surface area contributed by atoms with Crippen molar-refractivity contribution < 1.29 is 9.53 Å². The summed E-state index contributed by atoms with van der Waals surface area (Å²) in [5, 5.41) is 2.74. The van der Waals surface area contributed by atoms with E-state index in [0.29, 0.717) is 17.9 Å². The summed E-state index contributed by atoms with van der Waals surface area (Å²) in [4.78, 5) is 15.8. The van der Waals surface area contributed by atoms with Crippen molar-refractivity contribution in [2.24, 2.45) is 0 Å². The standard InChI is InChI=1S/C12H17N3O2/c1-17-12(5-2-6-12)7-11(16)15-10-4-3-9(13)8-14-10/h3-4,8H,2,5-7,13H2,1H3,(H,14,15,16). The first-order chi connectivity index (χ1) is 8.13. The molecule has 1 fully saturated rings. The zero-order valence-corrected chi connectivity index (χ0v) is 9.90. The van der Waals surface area contributed by atoms with Crippen LogP contribution in [0.1, 0.15) is 25.7 Å². The van der Waals surface area contributed by atoms with E-state index in [4.69, 9.17) is 10.5 Å². The van der Waals surface area contributed by atoms with Gasteiger partial charge < -0.3 is 15.8 Å². The maximum absolute atomic E-state index is 11.8. The van der Waals surface area contributed by atoms with E-state index in [9.17, 15) is 4.79 Å². The van der Waals surface area contributed by atoms with E-state index in [2.05, 4.69) is 10.3 Å². The molecule has 5 nitrogen and oxygen atoms in total. The van der Waals surface area contributed by atoms with Crippen LogP contribution in [0.4, 0.5) is 11.5 Å². The third-order valence-electron chi connectivity index (χ3n) is 3.23. The van der Waals surface area contributed by atoms with Crippen LogP contribution in [0.15, 0.2) is 18.3 Å². The van der Waals surface area contributed by atoms with Crippen LogP contribution in [0.3, 0.4) is 0 Å². The summed E-state index contributed by atoms with van der Waals surface area (Å²) in [5.74, 6) is 0.457. The molecule has 1 aliphatic rings. The number of nitrogens with two attached hydrogens (primary N) is 1. The second-order valence-corrected chi connectivity index (χ2v) is 4.44. The molecule has 5 heteroatoms. The van der Waals surface area contributed by atoms with Gasteiger partial charge >= 0.3 is 0 Å². The zero-order chi connectivity index (χ0) is 12.3. The molecule has 0 radical (unpaired) electrons. The molecule has 3 N–H and O–H groups in total. The van der Waals surface area contributed by atoms with Gasteiger partial charge in [-0.1, -0.05) is 0 Å². The van der Waals surface area contributed by atoms with Gasteiger partial charge in [0.25, 0.3) is 0 Å². The van der Waals surface area contributed by atoms with Crippen LogP contribution in [0.2, 0.25) is 0 Å². The Morgan fingerprint density at radius 3 is 2.82 bits per heavy atom. The van der Waals surface area contributed by atoms with Gasteiger partial charge in [0.15, 0.2) is 0 Å². The van der Waals surface area contributed by atoms with E-state index < -0.39 is 0 Å². The van der Waals surface area contributed by atoms with Crippen LogP contribution in [-0.2, 0) is 9.53 Å². The lowest BCUT2D eigenvalue weighted by atomic mass is 9.77. The normalized spacial score (nSPS) is 17.2. The minimum absolute atomic E-state index is 0.0659. The van der Waals surface area contributed by atoms with E-state index in [1.807, 2.05) is 0 Å². The molecule has 0 saturated heterocycles. The lowest BCUT2D eigenvalue weighted by Crippen LogP contribution is -2.42. The average molecular weight is 235 g/mol. The molecule has 0 spiro atoms. The molecule has 1 aliphatic carbocycles. The number of methoxy groups -OCH3 is 1. The molecule has 2 rings (SSSR count). The zero-order valence-electron chi connectivity index (χ0n) is 9.90. The summed E-state index contributed by atoms with van der Waals surface area (Å²) in [7, 11) is 1.66. The number of carbonyl (C=O) groups is 1. The molecule has 0 bridgehead atoms. The van der Waals surface area contributed by atoms with Gasteiger partial charge in [-0.15, -0.1) is 0 Å². The van der Waals surface area contributed by atoms with E-state index in [-0.39, 0.29) is 11.5 Å². The number of nitrogens with zero attached hydrogens (tertiary/aromatic N) is 1. The highest BCUT2D eigenvalue weighted by Gasteiger charge is 2.38. The van der Waals surface area contributed by atoms with Crippen molar-refractivity contribution in [2.75, 3.05) is 18.2 Å². The summed E-state index contributed by atoms with van der Waals surface area (Å²) >= 11 is 0. The van der Waals surface area contributed by atoms with Gasteiger partial charge in [-0.2, -0.15) is 0 Å². The molecule has 1 heterocycles. The highest BCUT2D eigenvalue weighted by molar-refractivity contribution is 5.90. The summed E-state index contributed by atoms with van der Waals surface area (Å²) in [6, 6.07) is 3.39. The smallest absolute Gasteiger partial charge is 0.228 e. The Morgan fingerprint density at radius 1 is 1.59 bits per heavy atom. The quantitative estimate of drug-likeness (QED) is 0.830. The first-order valence-corrected chi connectivity index (χ1v) is 5.70. The molecule has 0 unspecified atom stereocenters. The summed E-state index contributed by atoms with van der Waals surface area (Å²) in [6.07, 6.45) is 4.93. The molecule has 1 amide bonds. The van der Waals surface area contributed by atoms with Crippen molar-refractivity contribution in [3.05, 3.63) is 18.3 Å². The molecule has 0 aromatic carbocycles. The van der Waals surface area contributed by atoms with Crippen molar-refractivity contribution in [3.63, 3.8) is 0 Å². The number of aromatic nitrogens is 1. The predicted molar refractivity (Wildman–Crippen MR) is 65.5 cm³/mol. The number of rotatable bonds is 4. The summed E-state index contributed by atoms with van der Waals surface area (Å²) in [6.45, 7) is 0. The molecule has 1 aromatic rings. The van der Waals surface area contributed by atoms with E-state index in [0.717, 1.165) is 19.3 Å². The highest BCUT2D eigenvalue weighted by Crippen LogP contribution is 2.38. The first kappa shape index (κ1) is 11.9. The van der Waals surface area contributed by atoms with Gasteiger partial charge in [0.2, 0.25) is 5.91 Å². The van der Waals surface area contributed by atoms with Gasteiger partial charge in [-0.25, -0.2) is 4.98 Å². The van der Waals surface area contributed by atoms with Crippen LogP contribution >= 0.6 is 0 Å². The number of amides is 1. The molecule has 0 aliphatic heterocycles. The Kier molecular flexibility index (Phi) is 3.28. The molecular weight excluding hydrogens is 218 g/mol. The Bertz CT molecular complexity index is 393. The SMILES string of the molecule is COC1(CC(=O)Nc2ccc(N)cn2)CCC1. The Balaban J connectivity index is 1.91. The maximum atomic E-state index is 11.8. The van der Waals surface area contributed by atoms with Crippen LogP contribution in [0.5, 0.6) is 0 Å². The van der Waals surface area contributed by atoms with Crippen LogP contribution < -0.4 is 11.1 Å². The minimum atomic E-state index is -0.252. The highest BCUT2D eigenvalue weighted by atomic mass is 16.5. The van der Waals surface area contributed by atoms with Gasteiger partial charge in [-0.3, -0.25) is 4.79 Å². The fourth-order valence-electron chi connectivity index (χ4n) is 1.98. The minimum Gasteiger partial charge on any atom is -0.397 e. The number of hydrogen-bond acceptors (Lipinski definition) is 4. The number of ether oxygens (including phenoxy) is 1. The third-order valence-corrected chi connectivity index (χ3v) is 3.23.